The summed E-state index contributed by atoms with van der Waals surface area (Å²) >= 11 is 3.42. The van der Waals surface area contributed by atoms with E-state index < -0.39 is 0 Å². The first-order valence-corrected chi connectivity index (χ1v) is 6.03. The summed E-state index contributed by atoms with van der Waals surface area (Å²) in [6.07, 6.45) is 0. The molecular weight excluding hydrogens is 278 g/mol. The van der Waals surface area contributed by atoms with Crippen LogP contribution in [-0.4, -0.2) is 9.97 Å². The Morgan fingerprint density at radius 1 is 1.06 bits per heavy atom. The molecule has 17 heavy (non-hydrogen) atoms. The number of benzene rings is 2. The van der Waals surface area contributed by atoms with Gasteiger partial charge in [0.1, 0.15) is 10.3 Å². The van der Waals surface area contributed by atoms with E-state index in [1.807, 2.05) is 18.2 Å². The van der Waals surface area contributed by atoms with Gasteiger partial charge in [0, 0.05) is 5.56 Å². The quantitative estimate of drug-likeness (QED) is 0.719. The van der Waals surface area contributed by atoms with E-state index >= 15 is 0 Å². The standard InChI is InChI=1S/C13H10BrN3/c14-12-11(16-13(15)17-12)10-6-5-8-3-1-2-4-9(8)7-10/h1-7H,(H3,15,16,17). The smallest absolute Gasteiger partial charge is 0.198 e. The van der Waals surface area contributed by atoms with Gasteiger partial charge >= 0.3 is 0 Å². The van der Waals surface area contributed by atoms with Crippen molar-refractivity contribution < 1.29 is 0 Å². The molecule has 84 valence electrons. The largest absolute Gasteiger partial charge is 0.369 e. The highest BCUT2D eigenvalue weighted by atomic mass is 79.9. The van der Waals surface area contributed by atoms with Gasteiger partial charge < -0.3 is 10.7 Å². The van der Waals surface area contributed by atoms with Crippen LogP contribution in [0.25, 0.3) is 22.0 Å². The first-order valence-electron chi connectivity index (χ1n) is 5.24. The van der Waals surface area contributed by atoms with Crippen LogP contribution in [0.1, 0.15) is 0 Å². The molecule has 2 aromatic carbocycles. The van der Waals surface area contributed by atoms with Crippen molar-refractivity contribution in [3.05, 3.63) is 47.1 Å². The fourth-order valence-corrected chi connectivity index (χ4v) is 2.42. The molecule has 4 heteroatoms. The number of nitrogens with two attached hydrogens (primary N) is 1. The first kappa shape index (κ1) is 10.4. The summed E-state index contributed by atoms with van der Waals surface area (Å²) in [5, 5.41) is 2.41. The third-order valence-corrected chi connectivity index (χ3v) is 3.27. The number of rotatable bonds is 1. The summed E-state index contributed by atoms with van der Waals surface area (Å²) in [4.78, 5) is 7.20. The van der Waals surface area contributed by atoms with Crippen LogP contribution in [0.15, 0.2) is 47.1 Å². The van der Waals surface area contributed by atoms with Gasteiger partial charge in [-0.25, -0.2) is 4.98 Å². The molecule has 0 aliphatic rings. The van der Waals surface area contributed by atoms with Crippen molar-refractivity contribution >= 4 is 32.7 Å². The molecule has 3 nitrogen and oxygen atoms in total. The molecule has 1 heterocycles. The molecule has 0 bridgehead atoms. The molecule has 3 aromatic rings. The molecule has 0 radical (unpaired) electrons. The summed E-state index contributed by atoms with van der Waals surface area (Å²) < 4.78 is 0.810. The molecule has 0 atom stereocenters. The number of H-pyrrole nitrogens is 1. The third-order valence-electron chi connectivity index (χ3n) is 2.70. The average Bonchev–Trinajstić information content (AvgIpc) is 2.68. The highest BCUT2D eigenvalue weighted by Crippen LogP contribution is 2.29. The van der Waals surface area contributed by atoms with Crippen molar-refractivity contribution in [1.82, 2.24) is 9.97 Å². The number of aromatic nitrogens is 2. The lowest BCUT2D eigenvalue weighted by atomic mass is 10.1. The fraction of sp³-hybridized carbons (Fsp3) is 0. The minimum absolute atomic E-state index is 0.417. The van der Waals surface area contributed by atoms with Gasteiger partial charge in [-0.05, 0) is 32.8 Å². The second-order valence-electron chi connectivity index (χ2n) is 3.85. The Hall–Kier alpha value is -1.81. The predicted molar refractivity (Wildman–Crippen MR) is 73.6 cm³/mol. The van der Waals surface area contributed by atoms with Gasteiger partial charge in [0.25, 0.3) is 0 Å². The molecule has 3 rings (SSSR count). The van der Waals surface area contributed by atoms with E-state index in [-0.39, 0.29) is 0 Å². The van der Waals surface area contributed by atoms with E-state index in [1.54, 1.807) is 0 Å². The third kappa shape index (κ3) is 1.80. The normalized spacial score (nSPS) is 10.9. The molecule has 0 aliphatic carbocycles. The number of aromatic amines is 1. The molecular formula is C13H10BrN3. The Kier molecular flexibility index (Phi) is 2.37. The van der Waals surface area contributed by atoms with Crippen molar-refractivity contribution in [2.24, 2.45) is 0 Å². The van der Waals surface area contributed by atoms with Crippen molar-refractivity contribution in [3.8, 4) is 11.3 Å². The molecule has 0 spiro atoms. The van der Waals surface area contributed by atoms with Gasteiger partial charge in [0.2, 0.25) is 0 Å². The lowest BCUT2D eigenvalue weighted by molar-refractivity contribution is 1.31. The fourth-order valence-electron chi connectivity index (χ4n) is 1.90. The van der Waals surface area contributed by atoms with E-state index in [2.05, 4.69) is 50.2 Å². The van der Waals surface area contributed by atoms with Gasteiger partial charge in [0.15, 0.2) is 5.95 Å². The summed E-state index contributed by atoms with van der Waals surface area (Å²) in [5.74, 6) is 0.417. The Balaban J connectivity index is 2.21. The lowest BCUT2D eigenvalue weighted by Crippen LogP contribution is -1.85. The number of hydrogen-bond acceptors (Lipinski definition) is 2. The summed E-state index contributed by atoms with van der Waals surface area (Å²) in [6.45, 7) is 0. The molecule has 3 N–H and O–H groups in total. The number of hydrogen-bond donors (Lipinski definition) is 2. The number of imidazole rings is 1. The number of fused-ring (bicyclic) bond motifs is 1. The topological polar surface area (TPSA) is 54.7 Å². The van der Waals surface area contributed by atoms with E-state index in [0.717, 1.165) is 15.9 Å². The summed E-state index contributed by atoms with van der Waals surface area (Å²) in [6, 6.07) is 14.5. The maximum atomic E-state index is 5.63. The summed E-state index contributed by atoms with van der Waals surface area (Å²) in [5.41, 5.74) is 7.52. The minimum Gasteiger partial charge on any atom is -0.369 e. The van der Waals surface area contributed by atoms with Crippen LogP contribution in [0, 0.1) is 0 Å². The molecule has 0 saturated carbocycles. The molecule has 0 unspecified atom stereocenters. The van der Waals surface area contributed by atoms with Crippen LogP contribution in [0.4, 0.5) is 5.95 Å². The van der Waals surface area contributed by atoms with E-state index in [1.165, 1.54) is 10.8 Å². The van der Waals surface area contributed by atoms with E-state index in [9.17, 15) is 0 Å². The number of nitrogens with zero attached hydrogens (tertiary/aromatic N) is 1. The number of nitrogens with one attached hydrogen (secondary N) is 1. The number of nitrogen functional groups attached to an aromatic ring is 1. The average molecular weight is 288 g/mol. The van der Waals surface area contributed by atoms with Crippen LogP contribution in [0.2, 0.25) is 0 Å². The Labute approximate surface area is 107 Å². The van der Waals surface area contributed by atoms with Gasteiger partial charge in [-0.3, -0.25) is 0 Å². The van der Waals surface area contributed by atoms with Crippen LogP contribution in [-0.2, 0) is 0 Å². The van der Waals surface area contributed by atoms with Crippen LogP contribution in [0.5, 0.6) is 0 Å². The van der Waals surface area contributed by atoms with Gasteiger partial charge in [-0.15, -0.1) is 0 Å². The molecule has 1 aromatic heterocycles. The maximum Gasteiger partial charge on any atom is 0.198 e. The molecule has 0 aliphatic heterocycles. The molecule has 0 saturated heterocycles. The van der Waals surface area contributed by atoms with Crippen LogP contribution < -0.4 is 5.73 Å². The second-order valence-corrected chi connectivity index (χ2v) is 4.64. The van der Waals surface area contributed by atoms with E-state index in [4.69, 9.17) is 5.73 Å². The van der Waals surface area contributed by atoms with E-state index in [0.29, 0.717) is 5.95 Å². The molecule has 0 amide bonds. The SMILES string of the molecule is Nc1nc(-c2ccc3ccccc3c2)c(Br)[nH]1. The Bertz CT molecular complexity index is 688. The lowest BCUT2D eigenvalue weighted by Gasteiger charge is -2.01. The maximum absolute atomic E-state index is 5.63. The summed E-state index contributed by atoms with van der Waals surface area (Å²) in [7, 11) is 0. The highest BCUT2D eigenvalue weighted by Gasteiger charge is 2.08. The van der Waals surface area contributed by atoms with Gasteiger partial charge in [-0.1, -0.05) is 36.4 Å². The predicted octanol–water partition coefficient (Wildman–Crippen LogP) is 3.57. The minimum atomic E-state index is 0.417. The Morgan fingerprint density at radius 2 is 1.82 bits per heavy atom. The zero-order valence-corrected chi connectivity index (χ0v) is 10.5. The van der Waals surface area contributed by atoms with Crippen molar-refractivity contribution in [2.45, 2.75) is 0 Å². The van der Waals surface area contributed by atoms with Crippen molar-refractivity contribution in [1.29, 1.82) is 0 Å². The Morgan fingerprint density at radius 3 is 2.53 bits per heavy atom. The zero-order chi connectivity index (χ0) is 11.8. The van der Waals surface area contributed by atoms with Crippen molar-refractivity contribution in [3.63, 3.8) is 0 Å². The first-order chi connectivity index (χ1) is 8.24. The molecule has 0 fully saturated rings. The van der Waals surface area contributed by atoms with Gasteiger partial charge in [-0.2, -0.15) is 0 Å². The number of anilines is 1. The van der Waals surface area contributed by atoms with Crippen LogP contribution >= 0.6 is 15.9 Å². The highest BCUT2D eigenvalue weighted by molar-refractivity contribution is 9.10. The zero-order valence-electron chi connectivity index (χ0n) is 8.94. The van der Waals surface area contributed by atoms with Crippen LogP contribution in [0.3, 0.4) is 0 Å². The number of halogens is 1. The monoisotopic (exact) mass is 287 g/mol. The van der Waals surface area contributed by atoms with Crippen molar-refractivity contribution in [2.75, 3.05) is 5.73 Å². The van der Waals surface area contributed by atoms with Gasteiger partial charge in [0.05, 0.1) is 0 Å². The second kappa shape index (κ2) is 3.89.